The molecule has 0 unspecified atom stereocenters. The maximum atomic E-state index is 12.1. The van der Waals surface area contributed by atoms with Crippen molar-refractivity contribution >= 4 is 21.6 Å². The zero-order chi connectivity index (χ0) is 15.0. The Morgan fingerprint density at radius 2 is 1.90 bits per heavy atom. The van der Waals surface area contributed by atoms with Crippen molar-refractivity contribution in [3.8, 4) is 0 Å². The van der Waals surface area contributed by atoms with Crippen LogP contribution in [0.25, 0.3) is 0 Å². The molecule has 0 heterocycles. The first-order chi connectivity index (χ1) is 9.91. The summed E-state index contributed by atoms with van der Waals surface area (Å²) >= 11 is 0. The summed E-state index contributed by atoms with van der Waals surface area (Å²) in [5.41, 5.74) is 0.607. The van der Waals surface area contributed by atoms with Crippen LogP contribution in [0.4, 0.5) is 5.69 Å². The van der Waals surface area contributed by atoms with Crippen LogP contribution < -0.4 is 10.5 Å². The molecule has 0 aliphatic heterocycles. The minimum atomic E-state index is -3.69. The highest BCUT2D eigenvalue weighted by molar-refractivity contribution is 7.89. The SMILES string of the molecule is NS(=O)(=O)c1ccc(NC(=O)C[C@@H]2C[C@H]3CC[C@H]2C3)cc1. The van der Waals surface area contributed by atoms with Gasteiger partial charge in [-0.25, -0.2) is 13.6 Å². The molecule has 0 spiro atoms. The number of nitrogens with two attached hydrogens (primary N) is 1. The smallest absolute Gasteiger partial charge is 0.238 e. The quantitative estimate of drug-likeness (QED) is 0.892. The molecule has 0 radical (unpaired) electrons. The molecule has 3 rings (SSSR count). The molecule has 114 valence electrons. The van der Waals surface area contributed by atoms with E-state index >= 15 is 0 Å². The first kappa shape index (κ1) is 14.5. The van der Waals surface area contributed by atoms with Gasteiger partial charge in [0.1, 0.15) is 0 Å². The van der Waals surface area contributed by atoms with Crippen LogP contribution in [0.5, 0.6) is 0 Å². The average molecular weight is 308 g/mol. The molecule has 3 atom stereocenters. The molecule has 1 aromatic rings. The Balaban J connectivity index is 1.57. The Labute approximate surface area is 125 Å². The molecule has 5 nitrogen and oxygen atoms in total. The number of nitrogens with one attached hydrogen (secondary N) is 1. The van der Waals surface area contributed by atoms with E-state index < -0.39 is 10.0 Å². The minimum absolute atomic E-state index is 0.0101. The maximum absolute atomic E-state index is 12.1. The van der Waals surface area contributed by atoms with Gasteiger partial charge in [-0.15, -0.1) is 0 Å². The minimum Gasteiger partial charge on any atom is -0.326 e. The Bertz CT molecular complexity index is 639. The van der Waals surface area contributed by atoms with Gasteiger partial charge in [-0.2, -0.15) is 0 Å². The fourth-order valence-corrected chi connectivity index (χ4v) is 4.32. The number of hydrogen-bond acceptors (Lipinski definition) is 3. The van der Waals surface area contributed by atoms with Gasteiger partial charge in [0, 0.05) is 12.1 Å². The van der Waals surface area contributed by atoms with E-state index in [0.29, 0.717) is 18.0 Å². The van der Waals surface area contributed by atoms with Crippen molar-refractivity contribution in [3.63, 3.8) is 0 Å². The van der Waals surface area contributed by atoms with Crippen molar-refractivity contribution in [2.75, 3.05) is 5.32 Å². The van der Waals surface area contributed by atoms with Gasteiger partial charge in [0.15, 0.2) is 0 Å². The Morgan fingerprint density at radius 1 is 1.19 bits per heavy atom. The molecule has 21 heavy (non-hydrogen) atoms. The van der Waals surface area contributed by atoms with Gasteiger partial charge in [0.05, 0.1) is 4.90 Å². The number of hydrogen-bond donors (Lipinski definition) is 2. The number of amides is 1. The molecule has 2 bridgehead atoms. The van der Waals surface area contributed by atoms with Crippen LogP contribution in [0.1, 0.15) is 32.1 Å². The van der Waals surface area contributed by atoms with Gasteiger partial charge in [0.2, 0.25) is 15.9 Å². The lowest BCUT2D eigenvalue weighted by atomic mass is 9.86. The molecule has 2 saturated carbocycles. The zero-order valence-electron chi connectivity index (χ0n) is 11.8. The second-order valence-corrected chi connectivity index (χ2v) is 7.82. The molecular formula is C15H20N2O3S. The highest BCUT2D eigenvalue weighted by Crippen LogP contribution is 2.49. The summed E-state index contributed by atoms with van der Waals surface area (Å²) in [7, 11) is -3.69. The van der Waals surface area contributed by atoms with Crippen LogP contribution in [0.15, 0.2) is 29.2 Å². The van der Waals surface area contributed by atoms with Crippen LogP contribution >= 0.6 is 0 Å². The van der Waals surface area contributed by atoms with E-state index in [1.807, 2.05) is 0 Å². The summed E-state index contributed by atoms with van der Waals surface area (Å²) in [6.07, 6.45) is 5.64. The standard InChI is InChI=1S/C15H20N2O3S/c16-21(19,20)14-5-3-13(4-6-14)17-15(18)9-12-8-10-1-2-11(12)7-10/h3-6,10-12H,1-2,7-9H2,(H,17,18)(H2,16,19,20)/t10-,11-,12-/m0/s1. The fourth-order valence-electron chi connectivity index (χ4n) is 3.80. The largest absolute Gasteiger partial charge is 0.326 e. The molecule has 1 amide bonds. The third kappa shape index (κ3) is 3.27. The fraction of sp³-hybridized carbons (Fsp3) is 0.533. The summed E-state index contributed by atoms with van der Waals surface area (Å²) in [6.45, 7) is 0. The summed E-state index contributed by atoms with van der Waals surface area (Å²) in [5.74, 6) is 2.09. The first-order valence-electron chi connectivity index (χ1n) is 7.34. The topological polar surface area (TPSA) is 89.3 Å². The van der Waals surface area contributed by atoms with Crippen LogP contribution in [-0.2, 0) is 14.8 Å². The molecule has 1 aromatic carbocycles. The lowest BCUT2D eigenvalue weighted by Gasteiger charge is -2.20. The van der Waals surface area contributed by atoms with Crippen LogP contribution in [0, 0.1) is 17.8 Å². The van der Waals surface area contributed by atoms with Gasteiger partial charge in [0.25, 0.3) is 0 Å². The van der Waals surface area contributed by atoms with E-state index in [1.54, 1.807) is 12.1 Å². The van der Waals surface area contributed by atoms with Crippen molar-refractivity contribution < 1.29 is 13.2 Å². The Hall–Kier alpha value is -1.40. The monoisotopic (exact) mass is 308 g/mol. The number of rotatable bonds is 4. The van der Waals surface area contributed by atoms with Crippen molar-refractivity contribution in [2.45, 2.75) is 37.0 Å². The molecule has 0 aromatic heterocycles. The van der Waals surface area contributed by atoms with Crippen molar-refractivity contribution in [1.29, 1.82) is 0 Å². The number of primary sulfonamides is 1. The molecule has 2 fully saturated rings. The lowest BCUT2D eigenvalue weighted by Crippen LogP contribution is -2.20. The Morgan fingerprint density at radius 3 is 2.43 bits per heavy atom. The summed E-state index contributed by atoms with van der Waals surface area (Å²) < 4.78 is 22.3. The van der Waals surface area contributed by atoms with Crippen molar-refractivity contribution in [2.24, 2.45) is 22.9 Å². The lowest BCUT2D eigenvalue weighted by molar-refractivity contribution is -0.117. The number of fused-ring (bicyclic) bond motifs is 2. The molecule has 0 saturated heterocycles. The van der Waals surface area contributed by atoms with Gasteiger partial charge in [-0.3, -0.25) is 4.79 Å². The average Bonchev–Trinajstić information content (AvgIpc) is 3.00. The van der Waals surface area contributed by atoms with Gasteiger partial charge in [-0.1, -0.05) is 6.42 Å². The zero-order valence-corrected chi connectivity index (χ0v) is 12.6. The Kier molecular flexibility index (Phi) is 3.75. The van der Waals surface area contributed by atoms with E-state index in [-0.39, 0.29) is 10.8 Å². The maximum Gasteiger partial charge on any atom is 0.238 e. The molecule has 2 aliphatic rings. The predicted octanol–water partition coefficient (Wildman–Crippen LogP) is 2.10. The third-order valence-corrected chi connectivity index (χ3v) is 5.73. The van der Waals surface area contributed by atoms with Crippen LogP contribution in [0.2, 0.25) is 0 Å². The van der Waals surface area contributed by atoms with E-state index in [1.165, 1.54) is 37.8 Å². The molecule has 6 heteroatoms. The number of carbonyl (C=O) groups excluding carboxylic acids is 1. The number of sulfonamides is 1. The number of benzene rings is 1. The summed E-state index contributed by atoms with van der Waals surface area (Å²) in [5, 5.41) is 7.87. The van der Waals surface area contributed by atoms with E-state index in [0.717, 1.165) is 11.8 Å². The highest BCUT2D eigenvalue weighted by Gasteiger charge is 2.40. The summed E-state index contributed by atoms with van der Waals surface area (Å²) in [6, 6.07) is 5.95. The second-order valence-electron chi connectivity index (χ2n) is 6.26. The third-order valence-electron chi connectivity index (χ3n) is 4.80. The highest BCUT2D eigenvalue weighted by atomic mass is 32.2. The van der Waals surface area contributed by atoms with E-state index in [2.05, 4.69) is 5.32 Å². The van der Waals surface area contributed by atoms with Gasteiger partial charge in [-0.05, 0) is 61.3 Å². The molecule has 2 aliphatic carbocycles. The van der Waals surface area contributed by atoms with Crippen molar-refractivity contribution in [1.82, 2.24) is 0 Å². The van der Waals surface area contributed by atoms with E-state index in [9.17, 15) is 13.2 Å². The number of anilines is 1. The first-order valence-corrected chi connectivity index (χ1v) is 8.89. The predicted molar refractivity (Wildman–Crippen MR) is 80.0 cm³/mol. The summed E-state index contributed by atoms with van der Waals surface area (Å²) in [4.78, 5) is 12.1. The van der Waals surface area contributed by atoms with Gasteiger partial charge >= 0.3 is 0 Å². The van der Waals surface area contributed by atoms with Crippen LogP contribution in [0.3, 0.4) is 0 Å². The molecule has 3 N–H and O–H groups in total. The van der Waals surface area contributed by atoms with Crippen LogP contribution in [-0.4, -0.2) is 14.3 Å². The van der Waals surface area contributed by atoms with E-state index in [4.69, 9.17) is 5.14 Å². The molecular weight excluding hydrogens is 288 g/mol. The van der Waals surface area contributed by atoms with Crippen molar-refractivity contribution in [3.05, 3.63) is 24.3 Å². The second kappa shape index (κ2) is 5.42. The normalized spacial score (nSPS) is 27.8. The number of carbonyl (C=O) groups is 1. The van der Waals surface area contributed by atoms with Gasteiger partial charge < -0.3 is 5.32 Å².